The summed E-state index contributed by atoms with van der Waals surface area (Å²) in [6.45, 7) is 4.05. The highest BCUT2D eigenvalue weighted by molar-refractivity contribution is 5.84. The van der Waals surface area contributed by atoms with E-state index in [1.807, 2.05) is 56.3 Å². The van der Waals surface area contributed by atoms with Gasteiger partial charge in [-0.3, -0.25) is 4.79 Å². The van der Waals surface area contributed by atoms with E-state index in [1.165, 1.54) is 0 Å². The number of benzene rings is 2. The highest BCUT2D eigenvalue weighted by Crippen LogP contribution is 2.26. The van der Waals surface area contributed by atoms with Crippen molar-refractivity contribution in [3.05, 3.63) is 65.4 Å². The van der Waals surface area contributed by atoms with Crippen LogP contribution in [0.5, 0.6) is 0 Å². The van der Waals surface area contributed by atoms with Gasteiger partial charge in [-0.1, -0.05) is 47.7 Å². The molecule has 0 aliphatic carbocycles. The fourth-order valence-electron chi connectivity index (χ4n) is 2.36. The Morgan fingerprint density at radius 3 is 2.52 bits per heavy atom. The minimum Gasteiger partial charge on any atom is -0.296 e. The number of carbonyl (C=O) groups excluding carboxylic acids is 1. The molecule has 2 aromatic carbocycles. The van der Waals surface area contributed by atoms with E-state index in [9.17, 15) is 4.79 Å². The second-order valence-electron chi connectivity index (χ2n) is 5.01. The molecule has 0 amide bonds. The third-order valence-electron chi connectivity index (χ3n) is 3.45. The van der Waals surface area contributed by atoms with Gasteiger partial charge in [0.2, 0.25) is 0 Å². The van der Waals surface area contributed by atoms with Gasteiger partial charge in [-0.05, 0) is 31.0 Å². The monoisotopic (exact) mass is 277 g/mol. The first-order valence-electron chi connectivity index (χ1n) is 6.74. The number of rotatable bonds is 3. The van der Waals surface area contributed by atoms with E-state index < -0.39 is 0 Å². The van der Waals surface area contributed by atoms with E-state index in [-0.39, 0.29) is 0 Å². The predicted molar refractivity (Wildman–Crippen MR) is 81.7 cm³/mol. The maximum absolute atomic E-state index is 11.3. The Labute approximate surface area is 123 Å². The molecule has 21 heavy (non-hydrogen) atoms. The first-order valence-corrected chi connectivity index (χ1v) is 6.74. The Balaban J connectivity index is 2.27. The highest BCUT2D eigenvalue weighted by Gasteiger charge is 2.16. The van der Waals surface area contributed by atoms with Crippen molar-refractivity contribution in [2.24, 2.45) is 0 Å². The molecular weight excluding hydrogens is 262 g/mol. The van der Waals surface area contributed by atoms with Crippen LogP contribution in [-0.4, -0.2) is 21.3 Å². The van der Waals surface area contributed by atoms with Crippen molar-refractivity contribution in [2.75, 3.05) is 0 Å². The molecule has 1 heterocycles. The second kappa shape index (κ2) is 5.32. The zero-order chi connectivity index (χ0) is 14.8. The van der Waals surface area contributed by atoms with Crippen LogP contribution in [0.4, 0.5) is 0 Å². The lowest BCUT2D eigenvalue weighted by molar-refractivity contribution is 0.111. The Morgan fingerprint density at radius 1 is 1.05 bits per heavy atom. The molecule has 0 saturated heterocycles. The summed E-state index contributed by atoms with van der Waals surface area (Å²) in [4.78, 5) is 11.3. The highest BCUT2D eigenvalue weighted by atomic mass is 16.1. The number of aryl methyl sites for hydroxylation is 2. The van der Waals surface area contributed by atoms with Crippen molar-refractivity contribution >= 4 is 6.29 Å². The number of carbonyl (C=O) groups is 1. The number of aldehydes is 1. The zero-order valence-electron chi connectivity index (χ0n) is 11.9. The first kappa shape index (κ1) is 13.2. The van der Waals surface area contributed by atoms with Gasteiger partial charge in [-0.2, -0.15) is 0 Å². The minimum atomic E-state index is 0.349. The van der Waals surface area contributed by atoms with E-state index in [0.29, 0.717) is 5.69 Å². The zero-order valence-corrected chi connectivity index (χ0v) is 11.9. The molecule has 0 unspecified atom stereocenters. The molecule has 0 saturated carbocycles. The van der Waals surface area contributed by atoms with E-state index >= 15 is 0 Å². The van der Waals surface area contributed by atoms with Gasteiger partial charge < -0.3 is 0 Å². The maximum atomic E-state index is 11.3. The lowest BCUT2D eigenvalue weighted by atomic mass is 10.1. The van der Waals surface area contributed by atoms with Crippen LogP contribution in [0.3, 0.4) is 0 Å². The van der Waals surface area contributed by atoms with E-state index in [2.05, 4.69) is 16.4 Å². The summed E-state index contributed by atoms with van der Waals surface area (Å²) >= 11 is 0. The molecule has 0 aliphatic rings. The van der Waals surface area contributed by atoms with E-state index in [1.54, 1.807) is 4.68 Å². The Morgan fingerprint density at radius 2 is 1.81 bits per heavy atom. The Kier molecular flexibility index (Phi) is 3.36. The van der Waals surface area contributed by atoms with Crippen LogP contribution in [0.1, 0.15) is 21.6 Å². The molecule has 3 rings (SSSR count). The topological polar surface area (TPSA) is 47.8 Å². The summed E-state index contributed by atoms with van der Waals surface area (Å²) < 4.78 is 1.74. The summed E-state index contributed by atoms with van der Waals surface area (Å²) in [5.74, 6) is 0. The lowest BCUT2D eigenvalue weighted by Crippen LogP contribution is -2.02. The van der Waals surface area contributed by atoms with E-state index in [0.717, 1.165) is 34.4 Å². The van der Waals surface area contributed by atoms with Crippen molar-refractivity contribution in [3.63, 3.8) is 0 Å². The third-order valence-corrected chi connectivity index (χ3v) is 3.45. The number of nitrogens with zero attached hydrogens (tertiary/aromatic N) is 3. The Bertz CT molecular complexity index is 791. The molecule has 4 nitrogen and oxygen atoms in total. The molecule has 0 fully saturated rings. The van der Waals surface area contributed by atoms with Gasteiger partial charge in [0.1, 0.15) is 5.69 Å². The number of hydrogen-bond acceptors (Lipinski definition) is 3. The number of hydrogen-bond donors (Lipinski definition) is 0. The quantitative estimate of drug-likeness (QED) is 0.690. The molecule has 0 spiro atoms. The average Bonchev–Trinajstić information content (AvgIpc) is 2.94. The average molecular weight is 277 g/mol. The first-order chi connectivity index (χ1) is 10.2. The Hall–Kier alpha value is -2.75. The molecular formula is C17H15N3O. The van der Waals surface area contributed by atoms with Crippen molar-refractivity contribution in [2.45, 2.75) is 13.8 Å². The van der Waals surface area contributed by atoms with Gasteiger partial charge in [0.15, 0.2) is 12.0 Å². The summed E-state index contributed by atoms with van der Waals surface area (Å²) in [6, 6.07) is 15.9. The molecule has 3 aromatic rings. The molecule has 0 atom stereocenters. The molecule has 0 bridgehead atoms. The predicted octanol–water partition coefficient (Wildman–Crippen LogP) is 3.36. The van der Waals surface area contributed by atoms with Crippen LogP contribution in [0.15, 0.2) is 48.5 Å². The van der Waals surface area contributed by atoms with Gasteiger partial charge in [0.25, 0.3) is 0 Å². The molecule has 1 aromatic heterocycles. The van der Waals surface area contributed by atoms with Gasteiger partial charge in [-0.25, -0.2) is 4.68 Å². The standard InChI is InChI=1S/C17H15N3O/c1-12-8-9-13(2)16(10-12)20-17(15(11-21)18-19-20)14-6-4-3-5-7-14/h3-11H,1-2H3. The SMILES string of the molecule is Cc1ccc(C)c(-n2nnc(C=O)c2-c2ccccc2)c1. The van der Waals surface area contributed by atoms with Gasteiger partial charge in [-0.15, -0.1) is 5.10 Å². The molecule has 0 N–H and O–H groups in total. The van der Waals surface area contributed by atoms with Gasteiger partial charge >= 0.3 is 0 Å². The molecule has 0 radical (unpaired) electrons. The van der Waals surface area contributed by atoms with Crippen LogP contribution in [-0.2, 0) is 0 Å². The van der Waals surface area contributed by atoms with Crippen molar-refractivity contribution < 1.29 is 4.79 Å². The van der Waals surface area contributed by atoms with Crippen LogP contribution in [0, 0.1) is 13.8 Å². The lowest BCUT2D eigenvalue weighted by Gasteiger charge is -2.10. The third kappa shape index (κ3) is 2.36. The molecule has 4 heteroatoms. The maximum Gasteiger partial charge on any atom is 0.172 e. The van der Waals surface area contributed by atoms with Crippen LogP contribution < -0.4 is 0 Å². The summed E-state index contributed by atoms with van der Waals surface area (Å²) in [5, 5.41) is 8.17. The molecule has 104 valence electrons. The van der Waals surface area contributed by atoms with Gasteiger partial charge in [0.05, 0.1) is 5.69 Å². The van der Waals surface area contributed by atoms with Crippen molar-refractivity contribution in [3.8, 4) is 16.9 Å². The summed E-state index contributed by atoms with van der Waals surface area (Å²) in [6.07, 6.45) is 0.747. The van der Waals surface area contributed by atoms with Crippen molar-refractivity contribution in [1.82, 2.24) is 15.0 Å². The minimum absolute atomic E-state index is 0.349. The van der Waals surface area contributed by atoms with Crippen LogP contribution >= 0.6 is 0 Å². The van der Waals surface area contributed by atoms with Crippen LogP contribution in [0.2, 0.25) is 0 Å². The van der Waals surface area contributed by atoms with Gasteiger partial charge in [0, 0.05) is 5.56 Å². The van der Waals surface area contributed by atoms with Crippen LogP contribution in [0.25, 0.3) is 16.9 Å². The molecule has 0 aliphatic heterocycles. The van der Waals surface area contributed by atoms with Crippen molar-refractivity contribution in [1.29, 1.82) is 0 Å². The largest absolute Gasteiger partial charge is 0.296 e. The fourth-order valence-corrected chi connectivity index (χ4v) is 2.36. The fraction of sp³-hybridized carbons (Fsp3) is 0.118. The van der Waals surface area contributed by atoms with E-state index in [4.69, 9.17) is 0 Å². The summed E-state index contributed by atoms with van der Waals surface area (Å²) in [7, 11) is 0. The number of aromatic nitrogens is 3. The normalized spacial score (nSPS) is 10.6. The smallest absolute Gasteiger partial charge is 0.172 e. The summed E-state index contributed by atoms with van der Waals surface area (Å²) in [5.41, 5.74) is 5.15. The second-order valence-corrected chi connectivity index (χ2v) is 5.01.